The van der Waals surface area contributed by atoms with E-state index < -0.39 is 0 Å². The summed E-state index contributed by atoms with van der Waals surface area (Å²) in [6.45, 7) is 4.96. The van der Waals surface area contributed by atoms with Crippen molar-refractivity contribution in [2.45, 2.75) is 38.6 Å². The molecule has 1 amide bonds. The van der Waals surface area contributed by atoms with Crippen LogP contribution in [0, 0.1) is 5.82 Å². The Morgan fingerprint density at radius 3 is 2.72 bits per heavy atom. The van der Waals surface area contributed by atoms with Gasteiger partial charge in [-0.2, -0.15) is 5.10 Å². The highest BCUT2D eigenvalue weighted by atomic mass is 35.5. The maximum Gasteiger partial charge on any atom is 0.270 e. The number of hydrogen-bond acceptors (Lipinski definition) is 3. The molecule has 1 saturated heterocycles. The van der Waals surface area contributed by atoms with Crippen molar-refractivity contribution in [2.24, 2.45) is 0 Å². The molecule has 5 nitrogen and oxygen atoms in total. The first-order chi connectivity index (χ1) is 15.5. The van der Waals surface area contributed by atoms with Crippen LogP contribution < -0.4 is 5.32 Å². The van der Waals surface area contributed by atoms with E-state index in [1.165, 1.54) is 31.4 Å². The Hall–Kier alpha value is -2.70. The fraction of sp³-hybridized carbons (Fsp3) is 0.360. The number of aromatic nitrogens is 2. The van der Waals surface area contributed by atoms with Gasteiger partial charge in [-0.05, 0) is 69.1 Å². The van der Waals surface area contributed by atoms with Gasteiger partial charge in [0, 0.05) is 24.7 Å². The minimum atomic E-state index is -0.342. The zero-order valence-electron chi connectivity index (χ0n) is 18.2. The number of halogens is 2. The minimum Gasteiger partial charge on any atom is -0.351 e. The predicted molar refractivity (Wildman–Crippen MR) is 126 cm³/mol. The highest BCUT2D eigenvalue weighted by Gasteiger charge is 2.20. The molecular formula is C25H28ClFN4O. The lowest BCUT2D eigenvalue weighted by atomic mass is 10.0. The topological polar surface area (TPSA) is 50.2 Å². The first-order valence-corrected chi connectivity index (χ1v) is 11.5. The molecule has 1 aliphatic rings. The SMILES string of the molecule is CC1CCCCN1CCCNC(=O)c1cc(-c2ccccc2Cl)nn1-c1ccc(F)cc1. The fourth-order valence-corrected chi connectivity index (χ4v) is 4.42. The van der Waals surface area contributed by atoms with Gasteiger partial charge in [0.1, 0.15) is 11.5 Å². The fourth-order valence-electron chi connectivity index (χ4n) is 4.19. The molecule has 1 fully saturated rings. The number of likely N-dealkylation sites (tertiary alicyclic amines) is 1. The van der Waals surface area contributed by atoms with E-state index in [4.69, 9.17) is 11.6 Å². The third-order valence-electron chi connectivity index (χ3n) is 6.01. The van der Waals surface area contributed by atoms with Gasteiger partial charge in [0.05, 0.1) is 16.4 Å². The second kappa shape index (κ2) is 10.3. The number of carbonyl (C=O) groups excluding carboxylic acids is 1. The molecule has 1 aliphatic heterocycles. The van der Waals surface area contributed by atoms with Gasteiger partial charge < -0.3 is 10.2 Å². The normalized spacial score (nSPS) is 16.8. The van der Waals surface area contributed by atoms with E-state index in [2.05, 4.69) is 22.2 Å². The zero-order valence-corrected chi connectivity index (χ0v) is 19.0. The second-order valence-corrected chi connectivity index (χ2v) is 8.68. The molecule has 32 heavy (non-hydrogen) atoms. The van der Waals surface area contributed by atoms with Crippen LogP contribution in [-0.2, 0) is 0 Å². The standard InChI is InChI=1S/C25H28ClFN4O/c1-18-7-4-5-15-30(18)16-6-14-28-25(32)24-17-23(21-8-2-3-9-22(21)26)29-31(24)20-12-10-19(27)11-13-20/h2-3,8-13,17-18H,4-7,14-16H2,1H3,(H,28,32). The number of nitrogens with one attached hydrogen (secondary N) is 1. The molecule has 7 heteroatoms. The lowest BCUT2D eigenvalue weighted by molar-refractivity contribution is 0.0941. The highest BCUT2D eigenvalue weighted by molar-refractivity contribution is 6.33. The summed E-state index contributed by atoms with van der Waals surface area (Å²) in [5.41, 5.74) is 2.32. The Balaban J connectivity index is 1.51. The van der Waals surface area contributed by atoms with Crippen molar-refractivity contribution in [3.63, 3.8) is 0 Å². The number of rotatable bonds is 7. The molecule has 1 unspecified atom stereocenters. The summed E-state index contributed by atoms with van der Waals surface area (Å²) in [6.07, 6.45) is 4.68. The molecule has 0 spiro atoms. The number of carbonyl (C=O) groups is 1. The molecule has 1 N–H and O–H groups in total. The quantitative estimate of drug-likeness (QED) is 0.491. The highest BCUT2D eigenvalue weighted by Crippen LogP contribution is 2.28. The van der Waals surface area contributed by atoms with Gasteiger partial charge in [0.15, 0.2) is 0 Å². The summed E-state index contributed by atoms with van der Waals surface area (Å²) in [4.78, 5) is 15.6. The molecule has 1 aromatic heterocycles. The molecular weight excluding hydrogens is 427 g/mol. The molecule has 0 aliphatic carbocycles. The average molecular weight is 455 g/mol. The van der Waals surface area contributed by atoms with Gasteiger partial charge in [-0.1, -0.05) is 36.2 Å². The summed E-state index contributed by atoms with van der Waals surface area (Å²) < 4.78 is 15.0. The monoisotopic (exact) mass is 454 g/mol. The number of nitrogens with zero attached hydrogens (tertiary/aromatic N) is 3. The third-order valence-corrected chi connectivity index (χ3v) is 6.34. The number of amides is 1. The van der Waals surface area contributed by atoms with Gasteiger partial charge in [0.2, 0.25) is 0 Å². The van der Waals surface area contributed by atoms with E-state index in [-0.39, 0.29) is 11.7 Å². The van der Waals surface area contributed by atoms with Crippen molar-refractivity contribution in [3.8, 4) is 16.9 Å². The third kappa shape index (κ3) is 5.19. The van der Waals surface area contributed by atoms with E-state index in [1.54, 1.807) is 28.9 Å². The van der Waals surface area contributed by atoms with Crippen molar-refractivity contribution in [1.29, 1.82) is 0 Å². The summed E-state index contributed by atoms with van der Waals surface area (Å²) in [5.74, 6) is -0.558. The Labute approximate surface area is 193 Å². The van der Waals surface area contributed by atoms with Crippen molar-refractivity contribution in [1.82, 2.24) is 20.0 Å². The molecule has 0 saturated carbocycles. The molecule has 0 radical (unpaired) electrons. The summed E-state index contributed by atoms with van der Waals surface area (Å²) in [5, 5.41) is 8.19. The van der Waals surface area contributed by atoms with Crippen molar-refractivity contribution in [2.75, 3.05) is 19.6 Å². The van der Waals surface area contributed by atoms with Crippen molar-refractivity contribution in [3.05, 3.63) is 71.1 Å². The van der Waals surface area contributed by atoms with Gasteiger partial charge in [0.25, 0.3) is 5.91 Å². The minimum absolute atomic E-state index is 0.216. The smallest absolute Gasteiger partial charge is 0.270 e. The van der Waals surface area contributed by atoms with Crippen LogP contribution in [0.1, 0.15) is 43.1 Å². The van der Waals surface area contributed by atoms with E-state index in [0.717, 1.165) is 25.1 Å². The largest absolute Gasteiger partial charge is 0.351 e. The lowest BCUT2D eigenvalue weighted by Gasteiger charge is -2.33. The predicted octanol–water partition coefficient (Wildman–Crippen LogP) is 5.33. The van der Waals surface area contributed by atoms with E-state index in [0.29, 0.717) is 34.7 Å². The van der Waals surface area contributed by atoms with Crippen LogP contribution in [0.4, 0.5) is 4.39 Å². The van der Waals surface area contributed by atoms with E-state index in [9.17, 15) is 9.18 Å². The summed E-state index contributed by atoms with van der Waals surface area (Å²) in [7, 11) is 0. The Morgan fingerprint density at radius 2 is 1.97 bits per heavy atom. The molecule has 3 aromatic rings. The molecule has 0 bridgehead atoms. The second-order valence-electron chi connectivity index (χ2n) is 8.27. The first-order valence-electron chi connectivity index (χ1n) is 11.2. The van der Waals surface area contributed by atoms with Crippen molar-refractivity contribution < 1.29 is 9.18 Å². The maximum absolute atomic E-state index is 13.4. The van der Waals surface area contributed by atoms with Gasteiger partial charge in [-0.3, -0.25) is 4.79 Å². The van der Waals surface area contributed by atoms with Crippen LogP contribution >= 0.6 is 11.6 Å². The van der Waals surface area contributed by atoms with Gasteiger partial charge >= 0.3 is 0 Å². The van der Waals surface area contributed by atoms with Crippen LogP contribution in [0.2, 0.25) is 5.02 Å². The molecule has 168 valence electrons. The van der Waals surface area contributed by atoms with Gasteiger partial charge in [-0.25, -0.2) is 9.07 Å². The van der Waals surface area contributed by atoms with Crippen molar-refractivity contribution >= 4 is 17.5 Å². The van der Waals surface area contributed by atoms with Crippen LogP contribution in [0.25, 0.3) is 16.9 Å². The number of piperidine rings is 1. The Morgan fingerprint density at radius 1 is 1.19 bits per heavy atom. The van der Waals surface area contributed by atoms with E-state index in [1.807, 2.05) is 18.2 Å². The van der Waals surface area contributed by atoms with Crippen LogP contribution in [-0.4, -0.2) is 46.3 Å². The maximum atomic E-state index is 13.4. The molecule has 2 aromatic carbocycles. The van der Waals surface area contributed by atoms with Gasteiger partial charge in [-0.15, -0.1) is 0 Å². The summed E-state index contributed by atoms with van der Waals surface area (Å²) in [6, 6.07) is 15.6. The molecule has 4 rings (SSSR count). The van der Waals surface area contributed by atoms with Crippen LogP contribution in [0.3, 0.4) is 0 Å². The Bertz CT molecular complexity index is 1070. The number of hydrogen-bond donors (Lipinski definition) is 1. The van der Waals surface area contributed by atoms with Crippen LogP contribution in [0.15, 0.2) is 54.6 Å². The molecule has 2 heterocycles. The van der Waals surface area contributed by atoms with E-state index >= 15 is 0 Å². The molecule has 1 atom stereocenters. The lowest BCUT2D eigenvalue weighted by Crippen LogP contribution is -2.39. The zero-order chi connectivity index (χ0) is 22.5. The first kappa shape index (κ1) is 22.5. The summed E-state index contributed by atoms with van der Waals surface area (Å²) >= 11 is 6.35. The number of benzene rings is 2. The van der Waals surface area contributed by atoms with Crippen LogP contribution in [0.5, 0.6) is 0 Å². The average Bonchev–Trinajstić information content (AvgIpc) is 3.24. The Kier molecular flexibility index (Phi) is 7.22.